The lowest BCUT2D eigenvalue weighted by Crippen LogP contribution is -2.33. The van der Waals surface area contributed by atoms with Crippen molar-refractivity contribution in [1.29, 1.82) is 0 Å². The quantitative estimate of drug-likeness (QED) is 0.572. The Morgan fingerprint density at radius 3 is 2.18 bits per heavy atom. The van der Waals surface area contributed by atoms with Crippen molar-refractivity contribution in [3.63, 3.8) is 0 Å². The zero-order valence-electron chi connectivity index (χ0n) is 12.2. The van der Waals surface area contributed by atoms with E-state index in [0.717, 1.165) is 0 Å². The second kappa shape index (κ2) is 3.05. The van der Waals surface area contributed by atoms with Crippen molar-refractivity contribution in [2.45, 2.75) is 6.54 Å². The van der Waals surface area contributed by atoms with E-state index >= 15 is 0 Å². The molecule has 1 heteroatoms. The van der Waals surface area contributed by atoms with Gasteiger partial charge in [0.05, 0.1) is 28.0 Å². The molecule has 11 heavy (non-hydrogen) atoms. The van der Waals surface area contributed by atoms with E-state index in [1.54, 1.807) is 0 Å². The summed E-state index contributed by atoms with van der Waals surface area (Å²) in [5.41, 5.74) is 0.374. The van der Waals surface area contributed by atoms with Gasteiger partial charge >= 0.3 is 0 Å². The van der Waals surface area contributed by atoms with Crippen LogP contribution in [0, 0.1) is 0 Å². The Hall–Kier alpha value is -0.820. The molecule has 0 aliphatic carbocycles. The summed E-state index contributed by atoms with van der Waals surface area (Å²) in [5, 5.41) is 0. The van der Waals surface area contributed by atoms with Gasteiger partial charge in [0.1, 0.15) is 6.54 Å². The first-order valence-corrected chi connectivity index (χ1v) is 3.51. The van der Waals surface area contributed by atoms with Crippen LogP contribution in [0.3, 0.4) is 0 Å². The second-order valence-corrected chi connectivity index (χ2v) is 3.55. The molecule has 1 aromatic carbocycles. The van der Waals surface area contributed by atoms with Gasteiger partial charge in [0.25, 0.3) is 0 Å². The molecule has 0 atom stereocenters. The van der Waals surface area contributed by atoms with Gasteiger partial charge < -0.3 is 4.48 Å². The zero-order valence-corrected chi connectivity index (χ0v) is 7.15. The van der Waals surface area contributed by atoms with Crippen LogP contribution < -0.4 is 0 Å². The maximum absolute atomic E-state index is 7.73. The molecule has 1 nitrogen and oxygen atoms in total. The van der Waals surface area contributed by atoms with Crippen molar-refractivity contribution >= 4 is 0 Å². The lowest BCUT2D eigenvalue weighted by Gasteiger charge is -2.23. The third-order valence-corrected chi connectivity index (χ3v) is 1.18. The Kier molecular flexibility index (Phi) is 1.03. The van der Waals surface area contributed by atoms with Crippen molar-refractivity contribution in [1.82, 2.24) is 0 Å². The molecule has 0 heterocycles. The molecule has 0 amide bonds. The van der Waals surface area contributed by atoms with E-state index in [0.29, 0.717) is 16.6 Å². The van der Waals surface area contributed by atoms with Gasteiger partial charge in [-0.25, -0.2) is 0 Å². The van der Waals surface area contributed by atoms with E-state index in [1.807, 2.05) is 21.1 Å². The van der Waals surface area contributed by atoms with Crippen LogP contribution >= 0.6 is 0 Å². The normalized spacial score (nSPS) is 17.9. The van der Waals surface area contributed by atoms with E-state index in [-0.39, 0.29) is 30.2 Å². The maximum atomic E-state index is 7.73. The Morgan fingerprint density at radius 1 is 1.18 bits per heavy atom. The molecule has 0 radical (unpaired) electrons. The third-order valence-electron chi connectivity index (χ3n) is 1.18. The van der Waals surface area contributed by atoms with Crippen LogP contribution in [0.5, 0.6) is 0 Å². The van der Waals surface area contributed by atoms with Gasteiger partial charge in [0.2, 0.25) is 0 Å². The zero-order chi connectivity index (χ0) is 12.7. The van der Waals surface area contributed by atoms with Crippen molar-refractivity contribution in [2.75, 3.05) is 21.1 Å². The molecule has 0 unspecified atom stereocenters. The fourth-order valence-electron chi connectivity index (χ4n) is 0.829. The summed E-state index contributed by atoms with van der Waals surface area (Å²) in [6.45, 7) is 0.412. The van der Waals surface area contributed by atoms with Gasteiger partial charge in [-0.1, -0.05) is 30.2 Å². The van der Waals surface area contributed by atoms with Crippen LogP contribution in [-0.4, -0.2) is 25.6 Å². The van der Waals surface area contributed by atoms with E-state index in [1.165, 1.54) is 0 Å². The highest BCUT2D eigenvalue weighted by Gasteiger charge is 2.06. The van der Waals surface area contributed by atoms with E-state index in [9.17, 15) is 0 Å². The highest BCUT2D eigenvalue weighted by Crippen LogP contribution is 2.04. The lowest BCUT2D eigenvalue weighted by molar-refractivity contribution is -0.884. The molecule has 60 valence electrons. The average molecular weight is 155 g/mol. The molecule has 1 aromatic rings. The van der Waals surface area contributed by atoms with Gasteiger partial charge in [-0.05, 0) is 0 Å². The number of quaternary nitrogens is 1. The van der Waals surface area contributed by atoms with Crippen LogP contribution in [0.1, 0.15) is 12.4 Å². The summed E-state index contributed by atoms with van der Waals surface area (Å²) in [7, 11) is 5.75. The highest BCUT2D eigenvalue weighted by molar-refractivity contribution is 5.13. The van der Waals surface area contributed by atoms with Gasteiger partial charge in [-0.15, -0.1) is 0 Å². The minimum Gasteiger partial charge on any atom is -0.327 e. The molecule has 1 rings (SSSR count). The van der Waals surface area contributed by atoms with Crippen LogP contribution in [0.25, 0.3) is 0 Å². The van der Waals surface area contributed by atoms with Crippen LogP contribution in [0.15, 0.2) is 30.2 Å². The summed E-state index contributed by atoms with van der Waals surface area (Å²) in [6, 6.07) is -1.05. The van der Waals surface area contributed by atoms with Crippen molar-refractivity contribution in [3.05, 3.63) is 35.8 Å². The first-order chi connectivity index (χ1) is 7.15. The smallest absolute Gasteiger partial charge is 0.104 e. The molecule has 0 fully saturated rings. The fourth-order valence-corrected chi connectivity index (χ4v) is 0.829. The molecule has 0 saturated carbocycles. The summed E-state index contributed by atoms with van der Waals surface area (Å²) in [6.07, 6.45) is 0. The van der Waals surface area contributed by atoms with Gasteiger partial charge in [-0.3, -0.25) is 0 Å². The molecule has 0 aromatic heterocycles. The SMILES string of the molecule is [2H]c1c([2H])c([2H])c(C[N+](C)(C)C)c([2H])c1[2H]. The first-order valence-electron chi connectivity index (χ1n) is 6.01. The molecule has 0 spiro atoms. The van der Waals surface area contributed by atoms with Crippen LogP contribution in [-0.2, 0) is 6.54 Å². The Morgan fingerprint density at radius 2 is 1.73 bits per heavy atom. The van der Waals surface area contributed by atoms with Crippen molar-refractivity contribution in [2.24, 2.45) is 0 Å². The number of rotatable bonds is 2. The van der Waals surface area contributed by atoms with E-state index in [2.05, 4.69) is 0 Å². The molecular formula is C10H16N+. The predicted molar refractivity (Wildman–Crippen MR) is 48.2 cm³/mol. The molecule has 0 aliphatic heterocycles. The fraction of sp³-hybridized carbons (Fsp3) is 0.400. The number of hydrogen-bond donors (Lipinski definition) is 0. The average Bonchev–Trinajstić information content (AvgIpc) is 2.17. The molecule has 0 N–H and O–H groups in total. The molecule has 0 saturated heterocycles. The summed E-state index contributed by atoms with van der Waals surface area (Å²) >= 11 is 0. The minimum absolute atomic E-state index is 0.0981. The monoisotopic (exact) mass is 155 g/mol. The maximum Gasteiger partial charge on any atom is 0.104 e. The van der Waals surface area contributed by atoms with E-state index < -0.39 is 0 Å². The topological polar surface area (TPSA) is 0 Å². The second-order valence-electron chi connectivity index (χ2n) is 3.55. The van der Waals surface area contributed by atoms with Gasteiger partial charge in [0.15, 0.2) is 0 Å². The Balaban J connectivity index is 3.40. The van der Waals surface area contributed by atoms with Crippen LogP contribution in [0.4, 0.5) is 0 Å². The van der Waals surface area contributed by atoms with Gasteiger partial charge in [-0.2, -0.15) is 0 Å². The Bertz CT molecular complexity index is 393. The Labute approximate surface area is 75.9 Å². The molecule has 0 aliphatic rings. The van der Waals surface area contributed by atoms with Crippen LogP contribution in [0.2, 0.25) is 0 Å². The van der Waals surface area contributed by atoms with E-state index in [4.69, 9.17) is 6.85 Å². The summed E-state index contributed by atoms with van der Waals surface area (Å²) in [4.78, 5) is 0. The summed E-state index contributed by atoms with van der Waals surface area (Å²) in [5.74, 6) is 0. The minimum atomic E-state index is -0.333. The summed E-state index contributed by atoms with van der Waals surface area (Å²) < 4.78 is 38.5. The highest BCUT2D eigenvalue weighted by atomic mass is 15.3. The largest absolute Gasteiger partial charge is 0.327 e. The number of hydrogen-bond acceptors (Lipinski definition) is 0. The lowest BCUT2D eigenvalue weighted by atomic mass is 10.2. The standard InChI is InChI=1S/C10H16N/c1-11(2,3)9-10-7-5-4-6-8-10/h4-8H,9H2,1-3H3/q+1/i4D,5D,6D,7D,8D. The third kappa shape index (κ3) is 3.19. The number of nitrogens with zero attached hydrogens (tertiary/aromatic N) is 1. The molecule has 0 bridgehead atoms. The molecular weight excluding hydrogens is 134 g/mol. The van der Waals surface area contributed by atoms with Crippen molar-refractivity contribution < 1.29 is 11.3 Å². The van der Waals surface area contributed by atoms with Gasteiger partial charge in [0, 0.05) is 5.56 Å². The van der Waals surface area contributed by atoms with Crippen molar-refractivity contribution in [3.8, 4) is 0 Å². The first kappa shape index (κ1) is 3.72. The number of benzene rings is 1. The predicted octanol–water partition coefficient (Wildman–Crippen LogP) is 1.89.